The number of fused-ring (bicyclic) bond motifs is 1. The lowest BCUT2D eigenvalue weighted by Crippen LogP contribution is -2.10. The first kappa shape index (κ1) is 6.62. The van der Waals surface area contributed by atoms with Crippen molar-refractivity contribution in [1.82, 2.24) is 0 Å². The molecule has 0 spiro atoms. The molecule has 0 aromatic heterocycles. The fourth-order valence-electron chi connectivity index (χ4n) is 1.39. The Hall–Kier alpha value is -1.08. The molecule has 1 atom stereocenters. The van der Waals surface area contributed by atoms with Crippen LogP contribution in [0, 0.1) is 0 Å². The first-order valence-corrected chi connectivity index (χ1v) is 3.80. The number of benzene rings is 1. The summed E-state index contributed by atoms with van der Waals surface area (Å²) in [5.41, 5.74) is 2.47. The molecule has 0 unspecified atom stereocenters. The van der Waals surface area contributed by atoms with Crippen LogP contribution in [0.15, 0.2) is 30.3 Å². The van der Waals surface area contributed by atoms with Gasteiger partial charge in [0.1, 0.15) is 0 Å². The van der Waals surface area contributed by atoms with Gasteiger partial charge in [-0.2, -0.15) is 0 Å². The van der Waals surface area contributed by atoms with Crippen molar-refractivity contribution in [2.75, 3.05) is 0 Å². The second kappa shape index (κ2) is 2.51. The molecule has 0 aliphatic heterocycles. The zero-order valence-corrected chi connectivity index (χ0v) is 6.20. The Labute approximate surface area is 66.0 Å². The number of hydrogen-bond donors (Lipinski definition) is 1. The van der Waals surface area contributed by atoms with Gasteiger partial charge in [-0.1, -0.05) is 36.4 Å². The van der Waals surface area contributed by atoms with E-state index in [1.54, 1.807) is 0 Å². The molecular weight excluding hydrogens is 136 g/mol. The minimum absolute atomic E-state index is 0.287. The predicted molar refractivity (Wildman–Crippen MR) is 45.2 cm³/mol. The fourth-order valence-corrected chi connectivity index (χ4v) is 1.39. The smallest absolute Gasteiger partial charge is 0.0764 e. The molecule has 2 rings (SSSR count). The van der Waals surface area contributed by atoms with Crippen molar-refractivity contribution in [1.29, 1.82) is 0 Å². The zero-order valence-electron chi connectivity index (χ0n) is 6.20. The molecule has 1 aromatic carbocycles. The molecule has 1 heteroatoms. The third-order valence-electron chi connectivity index (χ3n) is 1.98. The highest BCUT2D eigenvalue weighted by atomic mass is 16.3. The lowest BCUT2D eigenvalue weighted by atomic mass is 9.96. The summed E-state index contributed by atoms with van der Waals surface area (Å²) < 4.78 is 0. The van der Waals surface area contributed by atoms with E-state index in [1.807, 2.05) is 24.3 Å². The topological polar surface area (TPSA) is 20.2 Å². The Morgan fingerprint density at radius 2 is 2.09 bits per heavy atom. The molecule has 1 aliphatic rings. The van der Waals surface area contributed by atoms with E-state index in [1.165, 1.54) is 11.1 Å². The molecule has 1 nitrogen and oxygen atoms in total. The molecule has 0 fully saturated rings. The van der Waals surface area contributed by atoms with Gasteiger partial charge in [-0.15, -0.1) is 0 Å². The Morgan fingerprint density at radius 1 is 1.27 bits per heavy atom. The molecule has 0 amide bonds. The quantitative estimate of drug-likeness (QED) is 0.589. The summed E-state index contributed by atoms with van der Waals surface area (Å²) in [4.78, 5) is 0. The molecule has 11 heavy (non-hydrogen) atoms. The Balaban J connectivity index is 2.46. The van der Waals surface area contributed by atoms with Gasteiger partial charge in [0.25, 0.3) is 0 Å². The summed E-state index contributed by atoms with van der Waals surface area (Å²) in [7, 11) is 0. The summed E-state index contributed by atoms with van der Waals surface area (Å²) in [6.45, 7) is 0. The number of hydrogen-bond acceptors (Lipinski definition) is 1. The van der Waals surface area contributed by atoms with Crippen molar-refractivity contribution in [2.45, 2.75) is 12.5 Å². The minimum Gasteiger partial charge on any atom is -0.389 e. The first-order chi connectivity index (χ1) is 5.36. The fraction of sp³-hybridized carbons (Fsp3) is 0.200. The van der Waals surface area contributed by atoms with Gasteiger partial charge in [0.2, 0.25) is 0 Å². The highest BCUT2D eigenvalue weighted by molar-refractivity contribution is 5.56. The average Bonchev–Trinajstić information content (AvgIpc) is 2.04. The van der Waals surface area contributed by atoms with E-state index >= 15 is 0 Å². The molecule has 0 bridgehead atoms. The second-order valence-corrected chi connectivity index (χ2v) is 2.83. The van der Waals surface area contributed by atoms with E-state index in [4.69, 9.17) is 0 Å². The van der Waals surface area contributed by atoms with Crippen LogP contribution in [0.5, 0.6) is 0 Å². The molecule has 0 radical (unpaired) electrons. The molecular formula is C10H10O. The predicted octanol–water partition coefficient (Wildman–Crippen LogP) is 1.62. The first-order valence-electron chi connectivity index (χ1n) is 3.80. The van der Waals surface area contributed by atoms with Crippen molar-refractivity contribution < 1.29 is 5.11 Å². The van der Waals surface area contributed by atoms with E-state index in [0.29, 0.717) is 0 Å². The molecule has 0 saturated carbocycles. The summed E-state index contributed by atoms with van der Waals surface area (Å²) in [6, 6.07) is 8.14. The molecule has 1 aromatic rings. The van der Waals surface area contributed by atoms with E-state index < -0.39 is 0 Å². The Bertz CT molecular complexity index is 289. The van der Waals surface area contributed by atoms with E-state index in [9.17, 15) is 5.11 Å². The summed E-state index contributed by atoms with van der Waals surface area (Å²) in [5, 5.41) is 9.27. The van der Waals surface area contributed by atoms with Gasteiger partial charge in [0.05, 0.1) is 6.10 Å². The zero-order chi connectivity index (χ0) is 7.68. The maximum Gasteiger partial charge on any atom is 0.0764 e. The number of aliphatic hydroxyl groups is 1. The molecule has 0 heterocycles. The van der Waals surface area contributed by atoms with Crippen molar-refractivity contribution in [2.24, 2.45) is 0 Å². The van der Waals surface area contributed by atoms with Crippen LogP contribution in [0.3, 0.4) is 0 Å². The van der Waals surface area contributed by atoms with Crippen LogP contribution in [0.1, 0.15) is 11.1 Å². The maximum atomic E-state index is 9.27. The van der Waals surface area contributed by atoms with Gasteiger partial charge >= 0.3 is 0 Å². The van der Waals surface area contributed by atoms with Crippen LogP contribution in [0.2, 0.25) is 0 Å². The third-order valence-corrected chi connectivity index (χ3v) is 1.98. The van der Waals surface area contributed by atoms with Crippen molar-refractivity contribution in [3.8, 4) is 0 Å². The maximum absolute atomic E-state index is 9.27. The largest absolute Gasteiger partial charge is 0.389 e. The van der Waals surface area contributed by atoms with Gasteiger partial charge in [0.15, 0.2) is 0 Å². The summed E-state index contributed by atoms with van der Waals surface area (Å²) >= 11 is 0. The van der Waals surface area contributed by atoms with Crippen LogP contribution in [-0.2, 0) is 6.42 Å². The van der Waals surface area contributed by atoms with Gasteiger partial charge in [-0.25, -0.2) is 0 Å². The lowest BCUT2D eigenvalue weighted by Gasteiger charge is -2.13. The molecule has 1 aliphatic carbocycles. The molecule has 0 saturated heterocycles. The van der Waals surface area contributed by atoms with Crippen LogP contribution >= 0.6 is 0 Å². The standard InChI is InChI=1S/C10H10O/c11-10-6-5-8-3-1-2-4-9(8)7-10/h1-6,10-11H,7H2/t10-/m0/s1. The van der Waals surface area contributed by atoms with Crippen molar-refractivity contribution in [3.05, 3.63) is 41.5 Å². The monoisotopic (exact) mass is 146 g/mol. The van der Waals surface area contributed by atoms with Gasteiger partial charge < -0.3 is 5.11 Å². The highest BCUT2D eigenvalue weighted by Gasteiger charge is 2.08. The van der Waals surface area contributed by atoms with Gasteiger partial charge in [-0.3, -0.25) is 0 Å². The summed E-state index contributed by atoms with van der Waals surface area (Å²) in [5.74, 6) is 0. The molecule has 1 N–H and O–H groups in total. The van der Waals surface area contributed by atoms with Crippen LogP contribution in [-0.4, -0.2) is 11.2 Å². The van der Waals surface area contributed by atoms with Crippen LogP contribution in [0.25, 0.3) is 6.08 Å². The minimum atomic E-state index is -0.287. The molecule has 56 valence electrons. The van der Waals surface area contributed by atoms with Crippen LogP contribution < -0.4 is 0 Å². The lowest BCUT2D eigenvalue weighted by molar-refractivity contribution is 0.223. The second-order valence-electron chi connectivity index (χ2n) is 2.83. The Kier molecular flexibility index (Phi) is 1.51. The van der Waals surface area contributed by atoms with Gasteiger partial charge in [-0.05, 0) is 11.1 Å². The number of rotatable bonds is 0. The van der Waals surface area contributed by atoms with Crippen molar-refractivity contribution in [3.63, 3.8) is 0 Å². The number of aliphatic hydroxyl groups excluding tert-OH is 1. The highest BCUT2D eigenvalue weighted by Crippen LogP contribution is 2.18. The average molecular weight is 146 g/mol. The van der Waals surface area contributed by atoms with E-state index in [2.05, 4.69) is 12.1 Å². The summed E-state index contributed by atoms with van der Waals surface area (Å²) in [6.07, 6.45) is 4.28. The van der Waals surface area contributed by atoms with E-state index in [0.717, 1.165) is 6.42 Å². The van der Waals surface area contributed by atoms with Gasteiger partial charge in [0, 0.05) is 6.42 Å². The third kappa shape index (κ3) is 1.19. The Morgan fingerprint density at radius 3 is 3.00 bits per heavy atom. The van der Waals surface area contributed by atoms with E-state index in [-0.39, 0.29) is 6.10 Å². The SMILES string of the molecule is O[C@H]1C=Cc2ccccc2C1. The normalized spacial score (nSPS) is 21.4. The van der Waals surface area contributed by atoms with Crippen LogP contribution in [0.4, 0.5) is 0 Å². The van der Waals surface area contributed by atoms with Crippen molar-refractivity contribution >= 4 is 6.08 Å².